The largest absolute Gasteiger partial charge is 0.355 e. The smallest absolute Gasteiger partial charge is 0.248 e. The van der Waals surface area contributed by atoms with Crippen molar-refractivity contribution in [2.75, 3.05) is 24.5 Å². The van der Waals surface area contributed by atoms with E-state index < -0.39 is 21.7 Å². The molecule has 1 saturated heterocycles. The van der Waals surface area contributed by atoms with E-state index in [1.807, 2.05) is 29.2 Å². The third kappa shape index (κ3) is 5.53. The Morgan fingerprint density at radius 1 is 1.15 bits per heavy atom. The number of halogens is 2. The Balaban J connectivity index is 1.31. The maximum Gasteiger partial charge on any atom is 0.248 e. The van der Waals surface area contributed by atoms with Crippen molar-refractivity contribution in [3.63, 3.8) is 0 Å². The number of amides is 1. The molecule has 1 unspecified atom stereocenters. The van der Waals surface area contributed by atoms with Crippen molar-refractivity contribution < 1.29 is 26.5 Å². The average Bonchev–Trinajstić information content (AvgIpc) is 3.32. The molecule has 2 aromatic carbocycles. The van der Waals surface area contributed by atoms with E-state index in [0.717, 1.165) is 29.1 Å². The van der Waals surface area contributed by atoms with E-state index in [2.05, 4.69) is 12.1 Å². The fourth-order valence-corrected chi connectivity index (χ4v) is 7.94. The summed E-state index contributed by atoms with van der Waals surface area (Å²) in [6.45, 7) is 4.64. The van der Waals surface area contributed by atoms with Gasteiger partial charge >= 0.3 is 0 Å². The lowest BCUT2D eigenvalue weighted by Crippen LogP contribution is -2.47. The first-order valence-electron chi connectivity index (χ1n) is 12.9. The molecule has 2 aliphatic heterocycles. The summed E-state index contributed by atoms with van der Waals surface area (Å²) in [5.41, 5.74) is 1.18. The number of carbonyl (C=O) groups is 1. The van der Waals surface area contributed by atoms with Crippen LogP contribution >= 0.6 is 11.8 Å². The van der Waals surface area contributed by atoms with Crippen LogP contribution in [0.2, 0.25) is 0 Å². The van der Waals surface area contributed by atoms with Crippen LogP contribution in [0.3, 0.4) is 0 Å². The number of piperidine rings is 1. The molecular weight excluding hydrogens is 544 g/mol. The highest BCUT2D eigenvalue weighted by Crippen LogP contribution is 2.41. The van der Waals surface area contributed by atoms with Crippen LogP contribution in [0.4, 0.5) is 14.5 Å². The van der Waals surface area contributed by atoms with Crippen molar-refractivity contribution in [3.8, 4) is 0 Å². The molecule has 5 rings (SSSR count). The Hall–Kier alpha value is -3.02. The van der Waals surface area contributed by atoms with Crippen molar-refractivity contribution >= 4 is 45.5 Å². The first kappa shape index (κ1) is 27.5. The van der Waals surface area contributed by atoms with Gasteiger partial charge in [0.2, 0.25) is 15.9 Å². The molecule has 0 aliphatic carbocycles. The number of aromatic nitrogens is 1. The molecule has 39 heavy (non-hydrogen) atoms. The maximum atomic E-state index is 14.0. The number of hydrogen-bond acceptors (Lipinski definition) is 6. The van der Waals surface area contributed by atoms with Gasteiger partial charge in [-0.2, -0.15) is 4.31 Å². The van der Waals surface area contributed by atoms with E-state index in [9.17, 15) is 22.0 Å². The molecule has 1 amide bonds. The summed E-state index contributed by atoms with van der Waals surface area (Å²) >= 11 is 1.79. The molecule has 3 aromatic rings. The minimum atomic E-state index is -3.99. The SMILES string of the molecule is CCC1CN(C(=O)C2CCN(S(=O)(=O)c3c(C)noc3/C=C/c3ccc(F)cc3F)CC2)c2ccccc2S1. The van der Waals surface area contributed by atoms with Gasteiger partial charge in [0.15, 0.2) is 10.7 Å². The van der Waals surface area contributed by atoms with Crippen molar-refractivity contribution in [1.82, 2.24) is 9.46 Å². The fourth-order valence-electron chi connectivity index (χ4n) is 5.01. The van der Waals surface area contributed by atoms with Crippen molar-refractivity contribution in [1.29, 1.82) is 0 Å². The molecule has 0 saturated carbocycles. The number of carbonyl (C=O) groups excluding carboxylic acids is 1. The molecule has 206 valence electrons. The summed E-state index contributed by atoms with van der Waals surface area (Å²) < 4.78 is 61.1. The number of fused-ring (bicyclic) bond motifs is 1. The second-order valence-corrected chi connectivity index (χ2v) is 12.9. The van der Waals surface area contributed by atoms with Crippen LogP contribution < -0.4 is 4.90 Å². The zero-order chi connectivity index (χ0) is 27.7. The zero-order valence-corrected chi connectivity index (χ0v) is 23.3. The number of nitrogens with zero attached hydrogens (tertiary/aromatic N) is 3. The van der Waals surface area contributed by atoms with Gasteiger partial charge in [0.25, 0.3) is 0 Å². The first-order chi connectivity index (χ1) is 18.7. The first-order valence-corrected chi connectivity index (χ1v) is 15.2. The van der Waals surface area contributed by atoms with E-state index in [4.69, 9.17) is 4.52 Å². The second-order valence-electron chi connectivity index (χ2n) is 9.70. The summed E-state index contributed by atoms with van der Waals surface area (Å²) in [7, 11) is -3.99. The van der Waals surface area contributed by atoms with Gasteiger partial charge in [-0.15, -0.1) is 11.8 Å². The van der Waals surface area contributed by atoms with E-state index >= 15 is 0 Å². The van der Waals surface area contributed by atoms with E-state index in [0.29, 0.717) is 24.6 Å². The van der Waals surface area contributed by atoms with Crippen molar-refractivity contribution in [2.24, 2.45) is 5.92 Å². The third-order valence-electron chi connectivity index (χ3n) is 7.17. The summed E-state index contributed by atoms with van der Waals surface area (Å²) in [5.74, 6) is -1.78. The molecular formula is C28H29F2N3O4S2. The molecule has 0 spiro atoms. The van der Waals surface area contributed by atoms with Crippen molar-refractivity contribution in [2.45, 2.75) is 48.2 Å². The van der Waals surface area contributed by atoms with Gasteiger partial charge in [-0.05, 0) is 62.6 Å². The Morgan fingerprint density at radius 2 is 1.90 bits per heavy atom. The molecule has 7 nitrogen and oxygen atoms in total. The molecule has 3 heterocycles. The van der Waals surface area contributed by atoms with Crippen molar-refractivity contribution in [3.05, 3.63) is 71.1 Å². The lowest BCUT2D eigenvalue weighted by molar-refractivity contribution is -0.123. The molecule has 2 aliphatic rings. The molecule has 1 aromatic heterocycles. The number of hydrogen-bond donors (Lipinski definition) is 0. The third-order valence-corrected chi connectivity index (χ3v) is 10.6. The summed E-state index contributed by atoms with van der Waals surface area (Å²) in [6, 6.07) is 11.0. The number of aryl methyl sites for hydroxylation is 1. The van der Waals surface area contributed by atoms with Crippen LogP contribution in [0.25, 0.3) is 12.2 Å². The van der Waals surface area contributed by atoms with Crippen LogP contribution in [0.15, 0.2) is 56.8 Å². The zero-order valence-electron chi connectivity index (χ0n) is 21.6. The fraction of sp³-hybridized carbons (Fsp3) is 0.357. The van der Waals surface area contributed by atoms with Gasteiger partial charge < -0.3 is 9.42 Å². The van der Waals surface area contributed by atoms with Crippen LogP contribution in [-0.2, 0) is 14.8 Å². The minimum Gasteiger partial charge on any atom is -0.355 e. The second kappa shape index (κ2) is 11.2. The molecule has 0 radical (unpaired) electrons. The maximum absolute atomic E-state index is 14.0. The highest BCUT2D eigenvalue weighted by Gasteiger charge is 2.38. The Morgan fingerprint density at radius 3 is 2.62 bits per heavy atom. The van der Waals surface area contributed by atoms with Gasteiger partial charge in [-0.1, -0.05) is 24.2 Å². The molecule has 0 bridgehead atoms. The highest BCUT2D eigenvalue weighted by atomic mass is 32.2. The summed E-state index contributed by atoms with van der Waals surface area (Å²) in [6.07, 6.45) is 4.38. The lowest BCUT2D eigenvalue weighted by atomic mass is 9.96. The highest BCUT2D eigenvalue weighted by molar-refractivity contribution is 8.00. The molecule has 1 fully saturated rings. The molecule has 11 heteroatoms. The van der Waals surface area contributed by atoms with E-state index in [-0.39, 0.29) is 46.8 Å². The Kier molecular flexibility index (Phi) is 7.93. The number of anilines is 1. The topological polar surface area (TPSA) is 83.7 Å². The van der Waals surface area contributed by atoms with E-state index in [1.165, 1.54) is 29.4 Å². The number of thioether (sulfide) groups is 1. The monoisotopic (exact) mass is 573 g/mol. The normalized spacial score (nSPS) is 19.0. The average molecular weight is 574 g/mol. The van der Waals surface area contributed by atoms with Crippen LogP contribution in [0.5, 0.6) is 0 Å². The quantitative estimate of drug-likeness (QED) is 0.374. The number of benzene rings is 2. The standard InChI is InChI=1S/C28H29F2N3O4S2/c1-3-22-17-33(24-6-4-5-7-26(24)38-22)28(34)20-12-14-32(15-13-20)39(35,36)27-18(2)31-37-25(27)11-9-19-8-10-21(29)16-23(19)30/h4-11,16,20,22H,3,12-15,17H2,1-2H3/b11-9+. The summed E-state index contributed by atoms with van der Waals surface area (Å²) in [4.78, 5) is 16.5. The van der Waals surface area contributed by atoms with Gasteiger partial charge in [-0.25, -0.2) is 17.2 Å². The molecule has 1 atom stereocenters. The van der Waals surface area contributed by atoms with Gasteiger partial charge in [0, 0.05) is 47.3 Å². The Labute approximate surface area is 230 Å². The van der Waals surface area contributed by atoms with Gasteiger partial charge in [0.1, 0.15) is 17.3 Å². The van der Waals surface area contributed by atoms with Gasteiger partial charge in [0.05, 0.1) is 5.69 Å². The lowest BCUT2D eigenvalue weighted by Gasteiger charge is -2.38. The summed E-state index contributed by atoms with van der Waals surface area (Å²) in [5, 5.41) is 4.13. The van der Waals surface area contributed by atoms with Crippen LogP contribution in [-0.4, -0.2) is 48.7 Å². The molecule has 0 N–H and O–H groups in total. The predicted octanol–water partition coefficient (Wildman–Crippen LogP) is 5.75. The number of sulfonamides is 1. The predicted molar refractivity (Wildman–Crippen MR) is 147 cm³/mol. The van der Waals surface area contributed by atoms with Gasteiger partial charge in [-0.3, -0.25) is 4.79 Å². The van der Waals surface area contributed by atoms with E-state index in [1.54, 1.807) is 11.8 Å². The number of rotatable bonds is 6. The van der Waals surface area contributed by atoms with Crippen LogP contribution in [0.1, 0.15) is 43.2 Å². The Bertz CT molecular complexity index is 1510. The minimum absolute atomic E-state index is 0.0318. The number of para-hydroxylation sites is 1. The van der Waals surface area contributed by atoms with Crippen LogP contribution in [0, 0.1) is 24.5 Å².